The SMILES string of the molecule is Fc1cccnc1CN1CCN(c2ncnc3ccsc23)CC1. The summed E-state index contributed by atoms with van der Waals surface area (Å²) in [6, 6.07) is 5.11. The molecule has 1 aliphatic rings. The van der Waals surface area contributed by atoms with Crippen LogP contribution in [-0.2, 0) is 6.54 Å². The van der Waals surface area contributed by atoms with E-state index in [0.717, 1.165) is 42.2 Å². The van der Waals surface area contributed by atoms with Crippen molar-refractivity contribution in [1.82, 2.24) is 19.9 Å². The summed E-state index contributed by atoms with van der Waals surface area (Å²) in [5.74, 6) is 0.777. The monoisotopic (exact) mass is 329 g/mol. The van der Waals surface area contributed by atoms with Gasteiger partial charge in [-0.2, -0.15) is 0 Å². The van der Waals surface area contributed by atoms with E-state index in [2.05, 4.69) is 24.8 Å². The van der Waals surface area contributed by atoms with Gasteiger partial charge in [0.25, 0.3) is 0 Å². The maximum absolute atomic E-state index is 13.7. The van der Waals surface area contributed by atoms with E-state index in [1.54, 1.807) is 29.9 Å². The van der Waals surface area contributed by atoms with E-state index in [-0.39, 0.29) is 5.82 Å². The van der Waals surface area contributed by atoms with Crippen molar-refractivity contribution in [2.45, 2.75) is 6.54 Å². The Balaban J connectivity index is 1.45. The molecule has 0 radical (unpaired) electrons. The summed E-state index contributed by atoms with van der Waals surface area (Å²) >= 11 is 1.67. The van der Waals surface area contributed by atoms with E-state index in [1.807, 2.05) is 11.4 Å². The van der Waals surface area contributed by atoms with Gasteiger partial charge in [-0.25, -0.2) is 14.4 Å². The molecule has 7 heteroatoms. The Morgan fingerprint density at radius 1 is 1.09 bits per heavy atom. The molecule has 0 bridgehead atoms. The van der Waals surface area contributed by atoms with Crippen molar-refractivity contribution in [2.24, 2.45) is 0 Å². The van der Waals surface area contributed by atoms with Crippen LogP contribution in [0.5, 0.6) is 0 Å². The zero-order valence-corrected chi connectivity index (χ0v) is 13.3. The van der Waals surface area contributed by atoms with Crippen molar-refractivity contribution in [1.29, 1.82) is 0 Å². The number of aromatic nitrogens is 3. The molecule has 3 aromatic heterocycles. The van der Waals surface area contributed by atoms with Gasteiger partial charge < -0.3 is 4.90 Å². The topological polar surface area (TPSA) is 45.2 Å². The van der Waals surface area contributed by atoms with E-state index in [0.29, 0.717) is 12.2 Å². The van der Waals surface area contributed by atoms with Crippen LogP contribution in [0, 0.1) is 5.82 Å². The number of piperazine rings is 1. The van der Waals surface area contributed by atoms with Gasteiger partial charge in [0.2, 0.25) is 0 Å². The fourth-order valence-corrected chi connectivity index (χ4v) is 3.73. The molecule has 118 valence electrons. The van der Waals surface area contributed by atoms with Crippen LogP contribution in [0.2, 0.25) is 0 Å². The normalized spacial score (nSPS) is 16.1. The second kappa shape index (κ2) is 6.17. The first-order valence-electron chi connectivity index (χ1n) is 7.56. The van der Waals surface area contributed by atoms with E-state index in [1.165, 1.54) is 6.07 Å². The van der Waals surface area contributed by atoms with Gasteiger partial charge >= 0.3 is 0 Å². The Kier molecular flexibility index (Phi) is 3.88. The molecule has 1 aliphatic heterocycles. The Morgan fingerprint density at radius 2 is 1.96 bits per heavy atom. The van der Waals surface area contributed by atoms with Crippen molar-refractivity contribution in [3.63, 3.8) is 0 Å². The zero-order chi connectivity index (χ0) is 15.6. The molecule has 4 rings (SSSR count). The number of rotatable bonds is 3. The average Bonchev–Trinajstić information content (AvgIpc) is 3.06. The van der Waals surface area contributed by atoms with Gasteiger partial charge in [0.15, 0.2) is 0 Å². The standard InChI is InChI=1S/C16H16FN5S/c17-12-2-1-4-18-14(12)10-21-5-7-22(8-6-21)16-15-13(3-9-23-15)19-11-20-16/h1-4,9,11H,5-8,10H2. The van der Waals surface area contributed by atoms with Gasteiger partial charge in [-0.3, -0.25) is 9.88 Å². The van der Waals surface area contributed by atoms with Crippen LogP contribution in [0.4, 0.5) is 10.2 Å². The van der Waals surface area contributed by atoms with Gasteiger partial charge in [-0.15, -0.1) is 11.3 Å². The van der Waals surface area contributed by atoms with Crippen LogP contribution in [-0.4, -0.2) is 46.0 Å². The number of hydrogen-bond donors (Lipinski definition) is 0. The summed E-state index contributed by atoms with van der Waals surface area (Å²) in [4.78, 5) is 17.4. The quantitative estimate of drug-likeness (QED) is 0.739. The molecule has 1 fully saturated rings. The minimum absolute atomic E-state index is 0.231. The fourth-order valence-electron chi connectivity index (χ4n) is 2.87. The van der Waals surface area contributed by atoms with Gasteiger partial charge in [-0.05, 0) is 23.6 Å². The molecule has 0 N–H and O–H groups in total. The second-order valence-electron chi connectivity index (χ2n) is 5.53. The third-order valence-corrected chi connectivity index (χ3v) is 5.00. The summed E-state index contributed by atoms with van der Waals surface area (Å²) in [5, 5.41) is 2.04. The molecule has 0 atom stereocenters. The first-order chi connectivity index (χ1) is 11.3. The minimum atomic E-state index is -0.231. The molecule has 0 saturated carbocycles. The Labute approximate surface area is 137 Å². The lowest BCUT2D eigenvalue weighted by molar-refractivity contribution is 0.243. The van der Waals surface area contributed by atoms with Gasteiger partial charge in [0, 0.05) is 38.9 Å². The van der Waals surface area contributed by atoms with Crippen molar-refractivity contribution in [2.75, 3.05) is 31.1 Å². The number of anilines is 1. The summed E-state index contributed by atoms with van der Waals surface area (Å²) in [6.45, 7) is 4.04. The maximum Gasteiger partial charge on any atom is 0.150 e. The molecule has 23 heavy (non-hydrogen) atoms. The number of fused-ring (bicyclic) bond motifs is 1. The maximum atomic E-state index is 13.7. The highest BCUT2D eigenvalue weighted by Crippen LogP contribution is 2.28. The molecule has 3 aromatic rings. The largest absolute Gasteiger partial charge is 0.353 e. The molecule has 1 saturated heterocycles. The summed E-state index contributed by atoms with van der Waals surface area (Å²) < 4.78 is 14.8. The van der Waals surface area contributed by atoms with E-state index < -0.39 is 0 Å². The van der Waals surface area contributed by atoms with Crippen LogP contribution in [0.15, 0.2) is 36.1 Å². The molecule has 0 aliphatic carbocycles. The predicted octanol–water partition coefficient (Wildman–Crippen LogP) is 2.55. The lowest BCUT2D eigenvalue weighted by Crippen LogP contribution is -2.46. The molecular formula is C16H16FN5S. The molecule has 0 aromatic carbocycles. The predicted molar refractivity (Wildman–Crippen MR) is 89.1 cm³/mol. The van der Waals surface area contributed by atoms with Crippen molar-refractivity contribution in [3.05, 3.63) is 47.6 Å². The van der Waals surface area contributed by atoms with Crippen LogP contribution < -0.4 is 4.90 Å². The molecule has 0 amide bonds. The minimum Gasteiger partial charge on any atom is -0.353 e. The average molecular weight is 329 g/mol. The Hall–Kier alpha value is -2.12. The molecule has 4 heterocycles. The summed E-state index contributed by atoms with van der Waals surface area (Å²) in [7, 11) is 0. The Morgan fingerprint density at radius 3 is 2.78 bits per heavy atom. The Bertz CT molecular complexity index is 813. The highest BCUT2D eigenvalue weighted by Gasteiger charge is 2.21. The third kappa shape index (κ3) is 2.89. The highest BCUT2D eigenvalue weighted by molar-refractivity contribution is 7.17. The van der Waals surface area contributed by atoms with Crippen molar-refractivity contribution < 1.29 is 4.39 Å². The summed E-state index contributed by atoms with van der Waals surface area (Å²) in [6.07, 6.45) is 3.27. The molecule has 5 nitrogen and oxygen atoms in total. The number of thiophene rings is 1. The first-order valence-corrected chi connectivity index (χ1v) is 8.44. The van der Waals surface area contributed by atoms with Crippen LogP contribution >= 0.6 is 11.3 Å². The van der Waals surface area contributed by atoms with Gasteiger partial charge in [0.05, 0.1) is 15.9 Å². The highest BCUT2D eigenvalue weighted by atomic mass is 32.1. The number of pyridine rings is 1. The van der Waals surface area contributed by atoms with E-state index in [9.17, 15) is 4.39 Å². The lowest BCUT2D eigenvalue weighted by atomic mass is 10.2. The third-order valence-electron chi connectivity index (χ3n) is 4.10. The first kappa shape index (κ1) is 14.5. The molecule has 0 unspecified atom stereocenters. The van der Waals surface area contributed by atoms with Crippen LogP contribution in [0.3, 0.4) is 0 Å². The number of halogens is 1. The van der Waals surface area contributed by atoms with Gasteiger partial charge in [-0.1, -0.05) is 0 Å². The second-order valence-corrected chi connectivity index (χ2v) is 6.44. The number of nitrogens with zero attached hydrogens (tertiary/aromatic N) is 5. The fraction of sp³-hybridized carbons (Fsp3) is 0.312. The van der Waals surface area contributed by atoms with Crippen molar-refractivity contribution >= 4 is 27.4 Å². The molecule has 0 spiro atoms. The summed E-state index contributed by atoms with van der Waals surface area (Å²) in [5.41, 5.74) is 1.52. The lowest BCUT2D eigenvalue weighted by Gasteiger charge is -2.35. The van der Waals surface area contributed by atoms with Crippen molar-refractivity contribution in [3.8, 4) is 0 Å². The number of hydrogen-bond acceptors (Lipinski definition) is 6. The van der Waals surface area contributed by atoms with Crippen LogP contribution in [0.25, 0.3) is 10.2 Å². The van der Waals surface area contributed by atoms with Crippen LogP contribution in [0.1, 0.15) is 5.69 Å². The zero-order valence-electron chi connectivity index (χ0n) is 12.5. The van der Waals surface area contributed by atoms with E-state index in [4.69, 9.17) is 0 Å². The molecular weight excluding hydrogens is 313 g/mol. The van der Waals surface area contributed by atoms with E-state index >= 15 is 0 Å². The van der Waals surface area contributed by atoms with Gasteiger partial charge in [0.1, 0.15) is 18.0 Å². The smallest absolute Gasteiger partial charge is 0.150 e.